The molecule has 19 heavy (non-hydrogen) atoms. The van der Waals surface area contributed by atoms with E-state index in [1.165, 1.54) is 0 Å². The molecule has 0 aromatic rings. The fourth-order valence-electron chi connectivity index (χ4n) is 1.83. The molecule has 0 spiro atoms. The van der Waals surface area contributed by atoms with Gasteiger partial charge in [-0.3, -0.25) is 14.9 Å². The molecule has 0 aromatic heterocycles. The molecule has 108 valence electrons. The molecule has 1 rings (SSSR count). The van der Waals surface area contributed by atoms with Crippen LogP contribution in [0.15, 0.2) is 0 Å². The van der Waals surface area contributed by atoms with Crippen LogP contribution in [0.25, 0.3) is 0 Å². The lowest BCUT2D eigenvalue weighted by Gasteiger charge is -2.24. The van der Waals surface area contributed by atoms with Crippen LogP contribution in [-0.4, -0.2) is 40.5 Å². The molecular formula is C13H22N2O4. The zero-order valence-corrected chi connectivity index (χ0v) is 11.5. The molecule has 0 radical (unpaired) electrons. The monoisotopic (exact) mass is 270 g/mol. The number of carboxylic acids is 1. The fourth-order valence-corrected chi connectivity index (χ4v) is 1.83. The minimum atomic E-state index is -0.932. The van der Waals surface area contributed by atoms with Crippen molar-refractivity contribution in [2.45, 2.75) is 52.0 Å². The summed E-state index contributed by atoms with van der Waals surface area (Å²) in [6, 6.07) is -0.0919. The summed E-state index contributed by atoms with van der Waals surface area (Å²) >= 11 is 0. The lowest BCUT2D eigenvalue weighted by Crippen LogP contribution is -2.45. The van der Waals surface area contributed by atoms with Gasteiger partial charge in [-0.2, -0.15) is 0 Å². The van der Waals surface area contributed by atoms with Crippen molar-refractivity contribution in [1.82, 2.24) is 10.2 Å². The van der Waals surface area contributed by atoms with Crippen molar-refractivity contribution in [2.24, 2.45) is 5.92 Å². The number of urea groups is 1. The lowest BCUT2D eigenvalue weighted by atomic mass is 10.2. The first-order valence-corrected chi connectivity index (χ1v) is 6.72. The average molecular weight is 270 g/mol. The van der Waals surface area contributed by atoms with Crippen LogP contribution < -0.4 is 5.32 Å². The van der Waals surface area contributed by atoms with E-state index in [9.17, 15) is 14.4 Å². The number of rotatable bonds is 7. The number of hydrogen-bond donors (Lipinski definition) is 2. The molecule has 1 aliphatic carbocycles. The van der Waals surface area contributed by atoms with Gasteiger partial charge in [0.05, 0.1) is 0 Å². The molecule has 0 atom stereocenters. The summed E-state index contributed by atoms with van der Waals surface area (Å²) in [7, 11) is 0. The summed E-state index contributed by atoms with van der Waals surface area (Å²) < 4.78 is 0. The lowest BCUT2D eigenvalue weighted by molar-refractivity contribution is -0.137. The number of nitrogens with zero attached hydrogens (tertiary/aromatic N) is 1. The number of aliphatic carboxylic acids is 1. The molecule has 0 aliphatic heterocycles. The van der Waals surface area contributed by atoms with Gasteiger partial charge in [0.2, 0.25) is 5.91 Å². The van der Waals surface area contributed by atoms with Gasteiger partial charge in [-0.25, -0.2) is 4.79 Å². The zero-order chi connectivity index (χ0) is 14.4. The average Bonchev–Trinajstić information content (AvgIpc) is 3.08. The molecule has 0 unspecified atom stereocenters. The first-order chi connectivity index (χ1) is 8.90. The minimum absolute atomic E-state index is 0.0556. The maximum atomic E-state index is 11.9. The third kappa shape index (κ3) is 6.22. The van der Waals surface area contributed by atoms with E-state index in [0.717, 1.165) is 12.8 Å². The SMILES string of the molecule is CC(C)CN(C(=O)NC(=O)CCCC(=O)O)C1CC1. The molecular weight excluding hydrogens is 248 g/mol. The molecule has 2 N–H and O–H groups in total. The standard InChI is InChI=1S/C13H22N2O4/c1-9(2)8-15(10-6-7-10)13(19)14-11(16)4-3-5-12(17)18/h9-10H,3-8H2,1-2H3,(H,17,18)(H,14,16,19). The van der Waals surface area contributed by atoms with E-state index in [0.29, 0.717) is 12.5 Å². The van der Waals surface area contributed by atoms with Crippen molar-refractivity contribution in [3.8, 4) is 0 Å². The van der Waals surface area contributed by atoms with Crippen LogP contribution in [-0.2, 0) is 9.59 Å². The van der Waals surface area contributed by atoms with Gasteiger partial charge >= 0.3 is 12.0 Å². The highest BCUT2D eigenvalue weighted by molar-refractivity contribution is 5.94. The molecule has 0 aromatic carbocycles. The second kappa shape index (κ2) is 7.11. The Bertz CT molecular complexity index is 351. The predicted molar refractivity (Wildman–Crippen MR) is 69.6 cm³/mol. The van der Waals surface area contributed by atoms with Gasteiger partial charge < -0.3 is 10.0 Å². The second-order valence-electron chi connectivity index (χ2n) is 5.38. The Morgan fingerprint density at radius 2 is 1.89 bits per heavy atom. The fraction of sp³-hybridized carbons (Fsp3) is 0.769. The number of carboxylic acid groups (broad SMARTS) is 1. The maximum Gasteiger partial charge on any atom is 0.324 e. The van der Waals surface area contributed by atoms with E-state index in [1.54, 1.807) is 4.90 Å². The van der Waals surface area contributed by atoms with Crippen molar-refractivity contribution in [1.29, 1.82) is 0 Å². The van der Waals surface area contributed by atoms with Crippen LogP contribution in [0.4, 0.5) is 4.79 Å². The van der Waals surface area contributed by atoms with Crippen LogP contribution in [0, 0.1) is 5.92 Å². The van der Waals surface area contributed by atoms with Crippen LogP contribution in [0.1, 0.15) is 46.0 Å². The molecule has 0 bridgehead atoms. The maximum absolute atomic E-state index is 11.9. The molecule has 0 heterocycles. The number of amides is 3. The van der Waals surface area contributed by atoms with Crippen LogP contribution in [0.5, 0.6) is 0 Å². The Morgan fingerprint density at radius 1 is 1.26 bits per heavy atom. The van der Waals surface area contributed by atoms with Crippen molar-refractivity contribution in [3.63, 3.8) is 0 Å². The Kier molecular flexibility index (Phi) is 5.79. The first-order valence-electron chi connectivity index (χ1n) is 6.72. The summed E-state index contributed by atoms with van der Waals surface area (Å²) in [5.74, 6) is -0.979. The van der Waals surface area contributed by atoms with Gasteiger partial charge in [0.1, 0.15) is 0 Å². The third-order valence-corrected chi connectivity index (χ3v) is 2.85. The molecule has 1 fully saturated rings. The van der Waals surface area contributed by atoms with Crippen LogP contribution >= 0.6 is 0 Å². The highest BCUT2D eigenvalue weighted by Gasteiger charge is 2.33. The molecule has 1 aliphatic rings. The van der Waals surface area contributed by atoms with Gasteiger partial charge in [0.25, 0.3) is 0 Å². The van der Waals surface area contributed by atoms with E-state index in [-0.39, 0.29) is 31.3 Å². The topological polar surface area (TPSA) is 86.7 Å². The summed E-state index contributed by atoms with van der Waals surface area (Å²) in [5, 5.41) is 10.8. The Hall–Kier alpha value is -1.59. The number of hydrogen-bond acceptors (Lipinski definition) is 3. The third-order valence-electron chi connectivity index (χ3n) is 2.85. The summed E-state index contributed by atoms with van der Waals surface area (Å²) in [4.78, 5) is 35.5. The second-order valence-corrected chi connectivity index (χ2v) is 5.38. The smallest absolute Gasteiger partial charge is 0.324 e. The zero-order valence-electron chi connectivity index (χ0n) is 11.5. The Balaban J connectivity index is 2.34. The summed E-state index contributed by atoms with van der Waals surface area (Å²) in [6.07, 6.45) is 2.25. The van der Waals surface area contributed by atoms with Crippen LogP contribution in [0.2, 0.25) is 0 Å². The van der Waals surface area contributed by atoms with E-state index in [2.05, 4.69) is 5.32 Å². The minimum Gasteiger partial charge on any atom is -0.481 e. The first kappa shape index (κ1) is 15.5. The van der Waals surface area contributed by atoms with E-state index in [1.807, 2.05) is 13.8 Å². The van der Waals surface area contributed by atoms with Gasteiger partial charge in [-0.05, 0) is 25.2 Å². The highest BCUT2D eigenvalue weighted by atomic mass is 16.4. The van der Waals surface area contributed by atoms with Crippen molar-refractivity contribution >= 4 is 17.9 Å². The van der Waals surface area contributed by atoms with Gasteiger partial charge in [0.15, 0.2) is 0 Å². The molecule has 1 saturated carbocycles. The van der Waals surface area contributed by atoms with E-state index >= 15 is 0 Å². The quantitative estimate of drug-likeness (QED) is 0.735. The van der Waals surface area contributed by atoms with Gasteiger partial charge in [-0.15, -0.1) is 0 Å². The van der Waals surface area contributed by atoms with Crippen molar-refractivity contribution < 1.29 is 19.5 Å². The van der Waals surface area contributed by atoms with Crippen LogP contribution in [0.3, 0.4) is 0 Å². The highest BCUT2D eigenvalue weighted by Crippen LogP contribution is 2.27. The summed E-state index contributed by atoms with van der Waals surface area (Å²) in [5.41, 5.74) is 0. The Morgan fingerprint density at radius 3 is 2.37 bits per heavy atom. The summed E-state index contributed by atoms with van der Waals surface area (Å²) in [6.45, 7) is 4.69. The molecule has 0 saturated heterocycles. The normalized spacial score (nSPS) is 14.3. The van der Waals surface area contributed by atoms with Crippen molar-refractivity contribution in [3.05, 3.63) is 0 Å². The largest absolute Gasteiger partial charge is 0.481 e. The Labute approximate surface area is 113 Å². The molecule has 6 heteroatoms. The van der Waals surface area contributed by atoms with Crippen molar-refractivity contribution in [2.75, 3.05) is 6.54 Å². The van der Waals surface area contributed by atoms with E-state index in [4.69, 9.17) is 5.11 Å². The van der Waals surface area contributed by atoms with E-state index < -0.39 is 11.9 Å². The number of imide groups is 1. The molecule has 6 nitrogen and oxygen atoms in total. The number of carbonyl (C=O) groups excluding carboxylic acids is 2. The molecule has 3 amide bonds. The number of nitrogens with one attached hydrogen (secondary N) is 1. The van der Waals surface area contributed by atoms with Gasteiger partial charge in [0, 0.05) is 25.4 Å². The van der Waals surface area contributed by atoms with Gasteiger partial charge in [-0.1, -0.05) is 13.8 Å². The number of carbonyl (C=O) groups is 3. The predicted octanol–water partition coefficient (Wildman–Crippen LogP) is 1.60.